The van der Waals surface area contributed by atoms with Crippen molar-refractivity contribution in [3.8, 4) is 0 Å². The van der Waals surface area contributed by atoms with E-state index in [0.717, 1.165) is 32.1 Å². The Bertz CT molecular complexity index is 378. The van der Waals surface area contributed by atoms with Gasteiger partial charge in [-0.3, -0.25) is 4.79 Å². The Balaban J connectivity index is 2.01. The van der Waals surface area contributed by atoms with Gasteiger partial charge in [0.05, 0.1) is 18.1 Å². The number of hydrogen-bond acceptors (Lipinski definition) is 3. The number of carbonyl (C=O) groups excluding carboxylic acids is 1. The second-order valence-corrected chi connectivity index (χ2v) is 6.96. The quantitative estimate of drug-likeness (QED) is 0.767. The highest BCUT2D eigenvalue weighted by Crippen LogP contribution is 2.69. The van der Waals surface area contributed by atoms with Crippen LogP contribution in [0.1, 0.15) is 46.0 Å². The maximum atomic E-state index is 12.2. The highest BCUT2D eigenvalue weighted by atomic mass is 16.5. The number of methoxy groups -OCH3 is 1. The molecule has 0 spiro atoms. The summed E-state index contributed by atoms with van der Waals surface area (Å²) in [6, 6.07) is 0. The molecule has 0 aliphatic heterocycles. The Morgan fingerprint density at radius 3 is 2.61 bits per heavy atom. The first-order valence-electron chi connectivity index (χ1n) is 7.27. The van der Waals surface area contributed by atoms with Crippen molar-refractivity contribution in [3.63, 3.8) is 0 Å². The van der Waals surface area contributed by atoms with E-state index in [2.05, 4.69) is 13.8 Å². The molecule has 0 aromatic heterocycles. The van der Waals surface area contributed by atoms with E-state index in [9.17, 15) is 9.90 Å². The zero-order valence-electron chi connectivity index (χ0n) is 11.6. The SMILES string of the molecule is COC(=O)[C@@]12CC[C@@H]3[C@@H](C(C)C)C[C@@]1(O)[C@@H]3CC2. The number of hydrogen-bond donors (Lipinski definition) is 1. The average Bonchev–Trinajstić information content (AvgIpc) is 2.63. The van der Waals surface area contributed by atoms with E-state index in [1.807, 2.05) is 0 Å². The van der Waals surface area contributed by atoms with Crippen LogP contribution in [-0.2, 0) is 9.53 Å². The molecule has 0 aromatic rings. The van der Waals surface area contributed by atoms with Gasteiger partial charge in [0.15, 0.2) is 0 Å². The molecule has 3 saturated carbocycles. The first kappa shape index (κ1) is 12.5. The van der Waals surface area contributed by atoms with Crippen LogP contribution >= 0.6 is 0 Å². The van der Waals surface area contributed by atoms with Gasteiger partial charge in [0.1, 0.15) is 0 Å². The molecule has 3 nitrogen and oxygen atoms in total. The van der Waals surface area contributed by atoms with Crippen molar-refractivity contribution in [3.05, 3.63) is 0 Å². The average molecular weight is 252 g/mol. The van der Waals surface area contributed by atoms with E-state index < -0.39 is 11.0 Å². The Morgan fingerprint density at radius 1 is 1.33 bits per heavy atom. The Labute approximate surface area is 109 Å². The predicted molar refractivity (Wildman–Crippen MR) is 67.8 cm³/mol. The summed E-state index contributed by atoms with van der Waals surface area (Å²) in [7, 11) is 1.45. The van der Waals surface area contributed by atoms with Crippen LogP contribution in [0.15, 0.2) is 0 Å². The molecule has 0 amide bonds. The molecule has 5 atom stereocenters. The van der Waals surface area contributed by atoms with Gasteiger partial charge in [0.2, 0.25) is 0 Å². The molecule has 3 rings (SSSR count). The van der Waals surface area contributed by atoms with Crippen LogP contribution in [0.4, 0.5) is 0 Å². The third-order valence-corrected chi connectivity index (χ3v) is 6.27. The summed E-state index contributed by atoms with van der Waals surface area (Å²) in [6.07, 6.45) is 4.53. The van der Waals surface area contributed by atoms with Gasteiger partial charge in [-0.2, -0.15) is 0 Å². The van der Waals surface area contributed by atoms with E-state index in [1.165, 1.54) is 7.11 Å². The summed E-state index contributed by atoms with van der Waals surface area (Å²) >= 11 is 0. The molecule has 102 valence electrons. The largest absolute Gasteiger partial charge is 0.469 e. The van der Waals surface area contributed by atoms with Crippen LogP contribution in [0.25, 0.3) is 0 Å². The smallest absolute Gasteiger partial charge is 0.314 e. The lowest BCUT2D eigenvalue weighted by atomic mass is 9.64. The molecule has 18 heavy (non-hydrogen) atoms. The molecular weight excluding hydrogens is 228 g/mol. The van der Waals surface area contributed by atoms with Crippen molar-refractivity contribution >= 4 is 5.97 Å². The number of rotatable bonds is 2. The molecule has 0 radical (unpaired) electrons. The minimum Gasteiger partial charge on any atom is -0.469 e. The number of carbonyl (C=O) groups is 1. The standard InChI is InChI=1S/C15H24O3/c1-9(2)11-8-15(17)12-5-7-14(15,13(16)18-3)6-4-10(11)12/h9-12,17H,4-8H2,1-3H3/t10-,11-,12-,14+,15-/m1/s1. The summed E-state index contributed by atoms with van der Waals surface area (Å²) in [5.41, 5.74) is -1.37. The summed E-state index contributed by atoms with van der Waals surface area (Å²) in [5, 5.41) is 11.2. The molecule has 4 bridgehead atoms. The summed E-state index contributed by atoms with van der Waals surface area (Å²) in [4.78, 5) is 12.2. The first-order chi connectivity index (χ1) is 8.46. The van der Waals surface area contributed by atoms with Crippen molar-refractivity contribution in [2.24, 2.45) is 29.1 Å². The predicted octanol–water partition coefficient (Wildman–Crippen LogP) is 2.37. The van der Waals surface area contributed by atoms with Crippen molar-refractivity contribution in [1.82, 2.24) is 0 Å². The topological polar surface area (TPSA) is 46.5 Å². The Morgan fingerprint density at radius 2 is 2.00 bits per heavy atom. The minimum atomic E-state index is -0.780. The molecule has 0 saturated heterocycles. The molecule has 3 heteroatoms. The van der Waals surface area contributed by atoms with Crippen LogP contribution in [0.3, 0.4) is 0 Å². The van der Waals surface area contributed by atoms with Crippen LogP contribution in [0.5, 0.6) is 0 Å². The summed E-state index contributed by atoms with van der Waals surface area (Å²) in [5.74, 6) is 1.95. The van der Waals surface area contributed by atoms with Gasteiger partial charge in [-0.15, -0.1) is 0 Å². The Kier molecular flexibility index (Phi) is 2.58. The fourth-order valence-corrected chi connectivity index (χ4v) is 5.41. The maximum Gasteiger partial charge on any atom is 0.314 e. The van der Waals surface area contributed by atoms with Gasteiger partial charge in [0, 0.05) is 0 Å². The lowest BCUT2D eigenvalue weighted by molar-refractivity contribution is -0.176. The van der Waals surface area contributed by atoms with E-state index >= 15 is 0 Å². The lowest BCUT2D eigenvalue weighted by Gasteiger charge is -2.43. The van der Waals surface area contributed by atoms with Crippen molar-refractivity contribution < 1.29 is 14.6 Å². The molecule has 3 aliphatic carbocycles. The van der Waals surface area contributed by atoms with Crippen LogP contribution < -0.4 is 0 Å². The van der Waals surface area contributed by atoms with E-state index in [0.29, 0.717) is 23.7 Å². The fraction of sp³-hybridized carbons (Fsp3) is 0.933. The van der Waals surface area contributed by atoms with E-state index in [-0.39, 0.29) is 5.97 Å². The van der Waals surface area contributed by atoms with Gasteiger partial charge in [-0.1, -0.05) is 13.8 Å². The zero-order valence-corrected chi connectivity index (χ0v) is 11.6. The van der Waals surface area contributed by atoms with Crippen molar-refractivity contribution in [2.75, 3.05) is 7.11 Å². The second-order valence-electron chi connectivity index (χ2n) is 6.96. The van der Waals surface area contributed by atoms with Gasteiger partial charge in [0.25, 0.3) is 0 Å². The minimum absolute atomic E-state index is 0.171. The van der Waals surface area contributed by atoms with Crippen molar-refractivity contribution in [1.29, 1.82) is 0 Å². The summed E-state index contributed by atoms with van der Waals surface area (Å²) < 4.78 is 5.02. The molecule has 3 aliphatic rings. The van der Waals surface area contributed by atoms with Crippen LogP contribution in [-0.4, -0.2) is 23.8 Å². The number of aliphatic hydroxyl groups is 1. The Hall–Kier alpha value is -0.570. The van der Waals surface area contributed by atoms with Crippen LogP contribution in [0.2, 0.25) is 0 Å². The monoisotopic (exact) mass is 252 g/mol. The molecular formula is C15H24O3. The lowest BCUT2D eigenvalue weighted by Crippen LogP contribution is -2.53. The first-order valence-corrected chi connectivity index (χ1v) is 7.27. The summed E-state index contributed by atoms with van der Waals surface area (Å²) in [6.45, 7) is 4.49. The van der Waals surface area contributed by atoms with E-state index in [1.54, 1.807) is 0 Å². The molecule has 3 fully saturated rings. The second kappa shape index (κ2) is 3.72. The number of esters is 1. The molecule has 0 heterocycles. The highest BCUT2D eigenvalue weighted by Gasteiger charge is 2.72. The zero-order chi connectivity index (χ0) is 13.1. The highest BCUT2D eigenvalue weighted by molar-refractivity contribution is 5.79. The maximum absolute atomic E-state index is 12.2. The molecule has 1 N–H and O–H groups in total. The molecule has 0 unspecified atom stereocenters. The normalized spacial score (nSPS) is 49.7. The fourth-order valence-electron chi connectivity index (χ4n) is 5.41. The number of ether oxygens (including phenoxy) is 1. The third-order valence-electron chi connectivity index (χ3n) is 6.27. The third kappa shape index (κ3) is 1.21. The van der Waals surface area contributed by atoms with Gasteiger partial charge >= 0.3 is 5.97 Å². The van der Waals surface area contributed by atoms with Crippen molar-refractivity contribution in [2.45, 2.75) is 51.6 Å². The van der Waals surface area contributed by atoms with Gasteiger partial charge in [-0.25, -0.2) is 0 Å². The molecule has 0 aromatic carbocycles. The van der Waals surface area contributed by atoms with Gasteiger partial charge in [-0.05, 0) is 55.8 Å². The van der Waals surface area contributed by atoms with Gasteiger partial charge < -0.3 is 9.84 Å². The van der Waals surface area contributed by atoms with Crippen LogP contribution in [0, 0.1) is 29.1 Å². The van der Waals surface area contributed by atoms with E-state index in [4.69, 9.17) is 4.74 Å².